The van der Waals surface area contributed by atoms with Gasteiger partial charge in [-0.2, -0.15) is 0 Å². The van der Waals surface area contributed by atoms with Crippen LogP contribution in [0.3, 0.4) is 0 Å². The monoisotopic (exact) mass is 389 g/mol. The highest BCUT2D eigenvalue weighted by Gasteiger charge is 2.14. The molecule has 5 nitrogen and oxygen atoms in total. The molecule has 0 aliphatic carbocycles. The van der Waals surface area contributed by atoms with Crippen LogP contribution in [0, 0.1) is 0 Å². The average Bonchev–Trinajstić information content (AvgIpc) is 3.19. The van der Waals surface area contributed by atoms with E-state index in [-0.39, 0.29) is 24.3 Å². The zero-order valence-corrected chi connectivity index (χ0v) is 16.7. The molecule has 0 bridgehead atoms. The van der Waals surface area contributed by atoms with Gasteiger partial charge in [-0.1, -0.05) is 60.7 Å². The van der Waals surface area contributed by atoms with Gasteiger partial charge in [-0.05, 0) is 30.5 Å². The number of hydrogen-bond acceptors (Lipinski definition) is 3. The summed E-state index contributed by atoms with van der Waals surface area (Å²) >= 11 is 0. The van der Waals surface area contributed by atoms with Crippen molar-refractivity contribution in [3.05, 3.63) is 95.8 Å². The zero-order valence-electron chi connectivity index (χ0n) is 16.7. The highest BCUT2D eigenvalue weighted by molar-refractivity contribution is 5.97. The van der Waals surface area contributed by atoms with Gasteiger partial charge in [0.15, 0.2) is 5.78 Å². The van der Waals surface area contributed by atoms with Gasteiger partial charge < -0.3 is 15.2 Å². The van der Waals surface area contributed by atoms with E-state index in [0.717, 1.165) is 12.8 Å². The maximum absolute atomic E-state index is 12.4. The molecule has 0 radical (unpaired) electrons. The number of aromatic nitrogens is 1. The predicted molar refractivity (Wildman–Crippen MR) is 115 cm³/mol. The molecule has 0 spiro atoms. The van der Waals surface area contributed by atoms with E-state index < -0.39 is 0 Å². The molecule has 0 unspecified atom stereocenters. The van der Waals surface area contributed by atoms with Crippen molar-refractivity contribution in [1.82, 2.24) is 15.2 Å². The van der Waals surface area contributed by atoms with Crippen LogP contribution in [-0.2, 0) is 13.5 Å². The Kier molecular flexibility index (Phi) is 7.36. The molecule has 3 aromatic rings. The van der Waals surface area contributed by atoms with Crippen LogP contribution in [0.5, 0.6) is 0 Å². The number of nitrogens with one attached hydrogen (secondary N) is 2. The van der Waals surface area contributed by atoms with Crippen LogP contribution in [0.15, 0.2) is 79.0 Å². The maximum Gasteiger partial charge on any atom is 0.267 e. The van der Waals surface area contributed by atoms with E-state index in [2.05, 4.69) is 22.8 Å². The molecule has 0 saturated carbocycles. The molecule has 1 aromatic heterocycles. The van der Waals surface area contributed by atoms with Crippen LogP contribution < -0.4 is 10.6 Å². The number of ketones is 1. The Morgan fingerprint density at radius 2 is 1.62 bits per heavy atom. The van der Waals surface area contributed by atoms with Gasteiger partial charge in [0.05, 0.1) is 6.54 Å². The van der Waals surface area contributed by atoms with E-state index >= 15 is 0 Å². The van der Waals surface area contributed by atoms with Gasteiger partial charge in [-0.15, -0.1) is 0 Å². The summed E-state index contributed by atoms with van der Waals surface area (Å²) in [5.41, 5.74) is 2.54. The van der Waals surface area contributed by atoms with Gasteiger partial charge in [0.2, 0.25) is 0 Å². The number of rotatable bonds is 10. The summed E-state index contributed by atoms with van der Waals surface area (Å²) in [6.45, 7) is 0.807. The lowest BCUT2D eigenvalue weighted by Crippen LogP contribution is -2.38. The van der Waals surface area contributed by atoms with E-state index in [4.69, 9.17) is 0 Å². The van der Waals surface area contributed by atoms with Gasteiger partial charge in [0.1, 0.15) is 5.69 Å². The molecule has 29 heavy (non-hydrogen) atoms. The Bertz CT molecular complexity index is 920. The highest BCUT2D eigenvalue weighted by atomic mass is 16.2. The SMILES string of the molecule is Cn1cccc1C(=O)NCC[C@H](Cc1ccccc1)NCC(=O)c1ccccc1. The first kappa shape index (κ1) is 20.6. The van der Waals surface area contributed by atoms with Crippen molar-refractivity contribution in [3.8, 4) is 0 Å². The molecular formula is C24H27N3O2. The molecule has 5 heteroatoms. The summed E-state index contributed by atoms with van der Waals surface area (Å²) in [4.78, 5) is 24.8. The zero-order chi connectivity index (χ0) is 20.5. The number of aryl methyl sites for hydroxylation is 1. The molecule has 1 atom stereocenters. The fourth-order valence-electron chi connectivity index (χ4n) is 3.29. The lowest BCUT2D eigenvalue weighted by Gasteiger charge is -2.19. The van der Waals surface area contributed by atoms with Crippen molar-refractivity contribution < 1.29 is 9.59 Å². The third-order valence-electron chi connectivity index (χ3n) is 4.93. The topological polar surface area (TPSA) is 63.1 Å². The summed E-state index contributed by atoms with van der Waals surface area (Å²) in [7, 11) is 1.85. The summed E-state index contributed by atoms with van der Waals surface area (Å²) < 4.78 is 1.80. The lowest BCUT2D eigenvalue weighted by atomic mass is 10.0. The van der Waals surface area contributed by atoms with Crippen LogP contribution in [0.2, 0.25) is 0 Å². The summed E-state index contributed by atoms with van der Waals surface area (Å²) in [6.07, 6.45) is 3.37. The van der Waals surface area contributed by atoms with Crippen LogP contribution in [0.1, 0.15) is 32.8 Å². The minimum atomic E-state index is -0.0867. The number of nitrogens with zero attached hydrogens (tertiary/aromatic N) is 1. The Labute approximate surface area is 171 Å². The van der Waals surface area contributed by atoms with Crippen LogP contribution >= 0.6 is 0 Å². The first-order valence-electron chi connectivity index (χ1n) is 9.88. The molecule has 3 rings (SSSR count). The molecule has 0 saturated heterocycles. The Morgan fingerprint density at radius 3 is 2.28 bits per heavy atom. The smallest absolute Gasteiger partial charge is 0.267 e. The van der Waals surface area contributed by atoms with Crippen molar-refractivity contribution in [2.45, 2.75) is 18.9 Å². The molecule has 2 N–H and O–H groups in total. The maximum atomic E-state index is 12.4. The fraction of sp³-hybridized carbons (Fsp3) is 0.250. The van der Waals surface area contributed by atoms with E-state index in [1.54, 1.807) is 10.6 Å². The summed E-state index contributed by atoms with van der Waals surface area (Å²) in [5, 5.41) is 6.36. The summed E-state index contributed by atoms with van der Waals surface area (Å²) in [5.74, 6) is -0.0205. The Hall–Kier alpha value is -3.18. The second kappa shape index (κ2) is 10.4. The Balaban J connectivity index is 1.56. The van der Waals surface area contributed by atoms with E-state index in [9.17, 15) is 9.59 Å². The number of carbonyl (C=O) groups is 2. The standard InChI is InChI=1S/C24H27N3O2/c1-27-16-8-13-22(27)24(29)25-15-14-21(17-19-9-4-2-5-10-19)26-18-23(28)20-11-6-3-7-12-20/h2-13,16,21,26H,14-15,17-18H2,1H3,(H,25,29)/t21-/m1/s1. The first-order valence-corrected chi connectivity index (χ1v) is 9.88. The van der Waals surface area contributed by atoms with Crippen molar-refractivity contribution >= 4 is 11.7 Å². The minimum Gasteiger partial charge on any atom is -0.351 e. The molecule has 1 heterocycles. The average molecular weight is 389 g/mol. The van der Waals surface area contributed by atoms with Crippen molar-refractivity contribution in [2.24, 2.45) is 7.05 Å². The Morgan fingerprint density at radius 1 is 0.931 bits per heavy atom. The van der Waals surface area contributed by atoms with Crippen molar-refractivity contribution in [3.63, 3.8) is 0 Å². The second-order valence-electron chi connectivity index (χ2n) is 7.11. The number of carbonyl (C=O) groups excluding carboxylic acids is 2. The highest BCUT2D eigenvalue weighted by Crippen LogP contribution is 2.07. The first-order chi connectivity index (χ1) is 14.1. The number of hydrogen-bond donors (Lipinski definition) is 2. The largest absolute Gasteiger partial charge is 0.351 e. The van der Waals surface area contributed by atoms with Crippen molar-refractivity contribution in [2.75, 3.05) is 13.1 Å². The third kappa shape index (κ3) is 6.16. The number of amides is 1. The number of benzene rings is 2. The van der Waals surface area contributed by atoms with Gasteiger partial charge in [0.25, 0.3) is 5.91 Å². The van der Waals surface area contributed by atoms with E-state index in [1.165, 1.54) is 5.56 Å². The van der Waals surface area contributed by atoms with Gasteiger partial charge >= 0.3 is 0 Å². The van der Waals surface area contributed by atoms with Gasteiger partial charge in [0, 0.05) is 31.4 Å². The summed E-state index contributed by atoms with van der Waals surface area (Å²) in [6, 6.07) is 23.2. The minimum absolute atomic E-state index is 0.0662. The van der Waals surface area contributed by atoms with E-state index in [0.29, 0.717) is 17.8 Å². The van der Waals surface area contributed by atoms with Crippen molar-refractivity contribution in [1.29, 1.82) is 0 Å². The predicted octanol–water partition coefficient (Wildman–Crippen LogP) is 3.23. The molecule has 1 amide bonds. The van der Waals surface area contributed by atoms with Crippen LogP contribution in [0.25, 0.3) is 0 Å². The van der Waals surface area contributed by atoms with Crippen LogP contribution in [-0.4, -0.2) is 35.4 Å². The number of Topliss-reactive ketones (excluding diaryl/α,β-unsaturated/α-hetero) is 1. The van der Waals surface area contributed by atoms with Gasteiger partial charge in [-0.25, -0.2) is 0 Å². The third-order valence-corrected chi connectivity index (χ3v) is 4.93. The van der Waals surface area contributed by atoms with Gasteiger partial charge in [-0.3, -0.25) is 9.59 Å². The lowest BCUT2D eigenvalue weighted by molar-refractivity contribution is 0.0939. The molecule has 0 aliphatic heterocycles. The molecular weight excluding hydrogens is 362 g/mol. The molecule has 150 valence electrons. The van der Waals surface area contributed by atoms with Crippen LogP contribution in [0.4, 0.5) is 0 Å². The molecule has 0 fully saturated rings. The molecule has 0 aliphatic rings. The molecule has 2 aromatic carbocycles. The normalized spacial score (nSPS) is 11.8. The fourth-order valence-corrected chi connectivity index (χ4v) is 3.29. The second-order valence-corrected chi connectivity index (χ2v) is 7.11. The van der Waals surface area contributed by atoms with E-state index in [1.807, 2.05) is 67.8 Å². The quantitative estimate of drug-likeness (QED) is 0.523.